The van der Waals surface area contributed by atoms with E-state index in [0.29, 0.717) is 25.6 Å². The van der Waals surface area contributed by atoms with Crippen molar-refractivity contribution in [3.8, 4) is 0 Å². The van der Waals surface area contributed by atoms with Crippen LogP contribution in [0.1, 0.15) is 20.3 Å². The molecule has 0 aliphatic carbocycles. The quantitative estimate of drug-likeness (QED) is 0.861. The van der Waals surface area contributed by atoms with E-state index < -0.39 is 10.0 Å². The van der Waals surface area contributed by atoms with Crippen LogP contribution in [0.5, 0.6) is 0 Å². The van der Waals surface area contributed by atoms with Gasteiger partial charge >= 0.3 is 6.03 Å². The van der Waals surface area contributed by atoms with E-state index in [1.54, 1.807) is 23.1 Å². The van der Waals surface area contributed by atoms with E-state index in [-0.39, 0.29) is 29.0 Å². The number of carbonyl (C=O) groups is 1. The number of halogens is 1. The molecule has 2 amide bonds. The van der Waals surface area contributed by atoms with Crippen LogP contribution in [0.3, 0.4) is 0 Å². The summed E-state index contributed by atoms with van der Waals surface area (Å²) in [6.07, 6.45) is 0.923. The zero-order valence-electron chi connectivity index (χ0n) is 14.0. The number of hydrogen-bond acceptors (Lipinski definition) is 3. The largest absolute Gasteiger partial charge is 0.338 e. The van der Waals surface area contributed by atoms with Crippen LogP contribution in [0.2, 0.25) is 5.02 Å². The van der Waals surface area contributed by atoms with Gasteiger partial charge in [0.2, 0.25) is 10.0 Å². The Bertz CT molecular complexity index is 671. The van der Waals surface area contributed by atoms with Gasteiger partial charge in [-0.15, -0.1) is 0 Å². The zero-order chi connectivity index (χ0) is 17.7. The number of sulfonamides is 1. The van der Waals surface area contributed by atoms with Gasteiger partial charge < -0.3 is 10.2 Å². The van der Waals surface area contributed by atoms with Crippen molar-refractivity contribution >= 4 is 27.7 Å². The predicted molar refractivity (Wildman–Crippen MR) is 94.6 cm³/mol. The van der Waals surface area contributed by atoms with Crippen molar-refractivity contribution in [2.24, 2.45) is 5.92 Å². The standard InChI is InChI=1S/C16H24ClN3O3S/c1-13(2)7-8-18-16(21)19-9-11-20(12-10-19)24(22,23)15-6-4-3-5-14(15)17/h3-6,13H,7-12H2,1-2H3,(H,18,21). The third-order valence-electron chi connectivity index (χ3n) is 3.98. The normalized spacial score (nSPS) is 16.4. The van der Waals surface area contributed by atoms with Crippen molar-refractivity contribution in [1.82, 2.24) is 14.5 Å². The molecular formula is C16H24ClN3O3S. The minimum atomic E-state index is -3.63. The molecule has 0 aromatic heterocycles. The molecule has 0 radical (unpaired) electrons. The third-order valence-corrected chi connectivity index (χ3v) is 6.38. The average Bonchev–Trinajstić information content (AvgIpc) is 2.54. The maximum Gasteiger partial charge on any atom is 0.317 e. The summed E-state index contributed by atoms with van der Waals surface area (Å²) in [5.41, 5.74) is 0. The van der Waals surface area contributed by atoms with E-state index in [2.05, 4.69) is 19.2 Å². The third kappa shape index (κ3) is 4.62. The van der Waals surface area contributed by atoms with Crippen molar-refractivity contribution in [3.63, 3.8) is 0 Å². The van der Waals surface area contributed by atoms with E-state index in [1.807, 2.05) is 0 Å². The summed E-state index contributed by atoms with van der Waals surface area (Å²) in [5.74, 6) is 0.530. The van der Waals surface area contributed by atoms with Crippen molar-refractivity contribution < 1.29 is 13.2 Å². The second-order valence-electron chi connectivity index (χ2n) is 6.24. The molecule has 0 unspecified atom stereocenters. The van der Waals surface area contributed by atoms with Gasteiger partial charge in [0.05, 0.1) is 5.02 Å². The van der Waals surface area contributed by atoms with Gasteiger partial charge in [0.1, 0.15) is 4.90 Å². The van der Waals surface area contributed by atoms with E-state index >= 15 is 0 Å². The van der Waals surface area contributed by atoms with Gasteiger partial charge in [-0.3, -0.25) is 0 Å². The molecule has 1 saturated heterocycles. The molecule has 6 nitrogen and oxygen atoms in total. The summed E-state index contributed by atoms with van der Waals surface area (Å²) in [5, 5.41) is 3.09. The van der Waals surface area contributed by atoms with Crippen LogP contribution in [-0.2, 0) is 10.0 Å². The highest BCUT2D eigenvalue weighted by Gasteiger charge is 2.31. The van der Waals surface area contributed by atoms with Gasteiger partial charge in [-0.2, -0.15) is 4.31 Å². The van der Waals surface area contributed by atoms with Crippen molar-refractivity contribution in [2.75, 3.05) is 32.7 Å². The van der Waals surface area contributed by atoms with Gasteiger partial charge in [-0.1, -0.05) is 37.6 Å². The Hall–Kier alpha value is -1.31. The van der Waals surface area contributed by atoms with Crippen LogP contribution in [0.15, 0.2) is 29.2 Å². The summed E-state index contributed by atoms with van der Waals surface area (Å²) < 4.78 is 26.7. The maximum absolute atomic E-state index is 12.7. The SMILES string of the molecule is CC(C)CCNC(=O)N1CCN(S(=O)(=O)c2ccccc2Cl)CC1. The first-order chi connectivity index (χ1) is 11.3. The Labute approximate surface area is 148 Å². The fourth-order valence-corrected chi connectivity index (χ4v) is 4.42. The van der Waals surface area contributed by atoms with Crippen LogP contribution in [0.25, 0.3) is 0 Å². The molecule has 8 heteroatoms. The molecular weight excluding hydrogens is 350 g/mol. The number of piperazine rings is 1. The number of carbonyl (C=O) groups excluding carboxylic acids is 1. The molecule has 1 aromatic rings. The molecule has 0 saturated carbocycles. The van der Waals surface area contributed by atoms with Crippen LogP contribution in [0, 0.1) is 5.92 Å². The van der Waals surface area contributed by atoms with Crippen LogP contribution >= 0.6 is 11.6 Å². The topological polar surface area (TPSA) is 69.7 Å². The molecule has 0 bridgehead atoms. The molecule has 0 atom stereocenters. The first-order valence-electron chi connectivity index (χ1n) is 8.10. The summed E-state index contributed by atoms with van der Waals surface area (Å²) >= 11 is 6.01. The van der Waals surface area contributed by atoms with Crippen molar-refractivity contribution in [2.45, 2.75) is 25.2 Å². The minimum absolute atomic E-state index is 0.113. The smallest absolute Gasteiger partial charge is 0.317 e. The summed E-state index contributed by atoms with van der Waals surface area (Å²) in [4.78, 5) is 13.9. The number of benzene rings is 1. The van der Waals surface area contributed by atoms with Gasteiger partial charge in [0, 0.05) is 32.7 Å². The Balaban J connectivity index is 1.93. The predicted octanol–water partition coefficient (Wildman–Crippen LogP) is 2.40. The lowest BCUT2D eigenvalue weighted by Gasteiger charge is -2.34. The summed E-state index contributed by atoms with van der Waals surface area (Å²) in [6.45, 7) is 6.12. The number of nitrogens with zero attached hydrogens (tertiary/aromatic N) is 2. The van der Waals surface area contributed by atoms with Crippen molar-refractivity contribution in [1.29, 1.82) is 0 Å². The molecule has 1 aliphatic heterocycles. The van der Waals surface area contributed by atoms with Crippen LogP contribution in [-0.4, -0.2) is 56.4 Å². The molecule has 1 aromatic carbocycles. The molecule has 1 aliphatic rings. The van der Waals surface area contributed by atoms with E-state index in [4.69, 9.17) is 11.6 Å². The van der Waals surface area contributed by atoms with E-state index in [9.17, 15) is 13.2 Å². The molecule has 0 spiro atoms. The highest BCUT2D eigenvalue weighted by atomic mass is 35.5. The Morgan fingerprint density at radius 2 is 1.83 bits per heavy atom. The first kappa shape index (κ1) is 19.0. The van der Waals surface area contributed by atoms with Gasteiger partial charge in [0.15, 0.2) is 0 Å². The number of nitrogens with one attached hydrogen (secondary N) is 1. The molecule has 1 fully saturated rings. The Morgan fingerprint density at radius 3 is 2.42 bits per heavy atom. The second-order valence-corrected chi connectivity index (χ2v) is 8.55. The molecule has 24 heavy (non-hydrogen) atoms. The summed E-state index contributed by atoms with van der Waals surface area (Å²) in [6, 6.07) is 6.28. The highest BCUT2D eigenvalue weighted by molar-refractivity contribution is 7.89. The molecule has 134 valence electrons. The minimum Gasteiger partial charge on any atom is -0.338 e. The lowest BCUT2D eigenvalue weighted by Crippen LogP contribution is -2.53. The molecule has 1 heterocycles. The van der Waals surface area contributed by atoms with E-state index in [1.165, 1.54) is 10.4 Å². The highest BCUT2D eigenvalue weighted by Crippen LogP contribution is 2.24. The molecule has 2 rings (SSSR count). The number of hydrogen-bond donors (Lipinski definition) is 1. The summed E-state index contributed by atoms with van der Waals surface area (Å²) in [7, 11) is -3.63. The monoisotopic (exact) mass is 373 g/mol. The maximum atomic E-state index is 12.7. The van der Waals surface area contributed by atoms with Gasteiger partial charge in [-0.25, -0.2) is 13.2 Å². The Morgan fingerprint density at radius 1 is 1.21 bits per heavy atom. The van der Waals surface area contributed by atoms with Crippen molar-refractivity contribution in [3.05, 3.63) is 29.3 Å². The van der Waals surface area contributed by atoms with E-state index in [0.717, 1.165) is 6.42 Å². The zero-order valence-corrected chi connectivity index (χ0v) is 15.6. The number of rotatable bonds is 5. The average molecular weight is 374 g/mol. The lowest BCUT2D eigenvalue weighted by atomic mass is 10.1. The second kappa shape index (κ2) is 8.18. The first-order valence-corrected chi connectivity index (χ1v) is 9.91. The van der Waals surface area contributed by atoms with Crippen LogP contribution in [0.4, 0.5) is 4.79 Å². The fraction of sp³-hybridized carbons (Fsp3) is 0.562. The Kier molecular flexibility index (Phi) is 6.48. The molecule has 1 N–H and O–H groups in total. The fourth-order valence-electron chi connectivity index (χ4n) is 2.50. The lowest BCUT2D eigenvalue weighted by molar-refractivity contribution is 0.172. The van der Waals surface area contributed by atoms with Gasteiger partial charge in [-0.05, 0) is 24.5 Å². The van der Waals surface area contributed by atoms with Gasteiger partial charge in [0.25, 0.3) is 0 Å². The number of urea groups is 1. The number of amides is 2. The van der Waals surface area contributed by atoms with Crippen LogP contribution < -0.4 is 5.32 Å².